The molecule has 1 aromatic heterocycles. The van der Waals surface area contributed by atoms with E-state index in [1.54, 1.807) is 44.4 Å². The third kappa shape index (κ3) is 3.85. The minimum absolute atomic E-state index is 0.0619. The maximum atomic E-state index is 13.5. The van der Waals surface area contributed by atoms with E-state index in [2.05, 4.69) is 0 Å². The highest BCUT2D eigenvalue weighted by Gasteiger charge is 2.21. The van der Waals surface area contributed by atoms with Crippen LogP contribution in [0, 0.1) is 5.82 Å². The van der Waals surface area contributed by atoms with E-state index in [-0.39, 0.29) is 22.9 Å². The Morgan fingerprint density at radius 1 is 1.03 bits per heavy atom. The SMILES string of the molecule is CCS(=O)(=O)Cc1ccc2c(c1)C(c1ccc(F)cc1)=NCc1cc(=O)n(C)cc1-2. The summed E-state index contributed by atoms with van der Waals surface area (Å²) in [5, 5.41) is 0. The van der Waals surface area contributed by atoms with Gasteiger partial charge in [0.15, 0.2) is 9.84 Å². The second kappa shape index (κ2) is 7.65. The number of sulfone groups is 1. The summed E-state index contributed by atoms with van der Waals surface area (Å²) < 4.78 is 39.3. The van der Waals surface area contributed by atoms with Crippen LogP contribution in [0.2, 0.25) is 0 Å². The monoisotopic (exact) mass is 424 g/mol. The molecule has 5 nitrogen and oxygen atoms in total. The van der Waals surface area contributed by atoms with E-state index >= 15 is 0 Å². The van der Waals surface area contributed by atoms with Crippen molar-refractivity contribution in [1.82, 2.24) is 4.57 Å². The van der Waals surface area contributed by atoms with Gasteiger partial charge in [-0.2, -0.15) is 0 Å². The zero-order valence-corrected chi connectivity index (χ0v) is 17.5. The Hall–Kier alpha value is -3.06. The number of aromatic nitrogens is 1. The number of hydrogen-bond donors (Lipinski definition) is 0. The molecule has 0 radical (unpaired) electrons. The summed E-state index contributed by atoms with van der Waals surface area (Å²) in [6.07, 6.45) is 1.78. The molecule has 0 saturated heterocycles. The zero-order valence-electron chi connectivity index (χ0n) is 16.7. The molecule has 0 aliphatic carbocycles. The molecule has 0 amide bonds. The van der Waals surface area contributed by atoms with Crippen molar-refractivity contribution < 1.29 is 12.8 Å². The fraction of sp³-hybridized carbons (Fsp3) is 0.217. The molecule has 2 aromatic carbocycles. The van der Waals surface area contributed by atoms with Crippen LogP contribution < -0.4 is 5.56 Å². The Bertz CT molecular complexity index is 1320. The molecule has 0 bridgehead atoms. The number of fused-ring (bicyclic) bond motifs is 3. The minimum atomic E-state index is -3.20. The van der Waals surface area contributed by atoms with Crippen molar-refractivity contribution >= 4 is 15.5 Å². The fourth-order valence-electron chi connectivity index (χ4n) is 3.61. The molecule has 3 aromatic rings. The molecule has 0 fully saturated rings. The highest BCUT2D eigenvalue weighted by atomic mass is 32.2. The van der Waals surface area contributed by atoms with Crippen LogP contribution in [0.15, 0.2) is 64.5 Å². The lowest BCUT2D eigenvalue weighted by Crippen LogP contribution is -2.16. The van der Waals surface area contributed by atoms with Gasteiger partial charge >= 0.3 is 0 Å². The quantitative estimate of drug-likeness (QED) is 0.644. The summed E-state index contributed by atoms with van der Waals surface area (Å²) >= 11 is 0. The zero-order chi connectivity index (χ0) is 21.5. The number of rotatable bonds is 4. The maximum absolute atomic E-state index is 13.5. The third-order valence-corrected chi connectivity index (χ3v) is 6.95. The van der Waals surface area contributed by atoms with Gasteiger partial charge < -0.3 is 4.57 Å². The molecule has 1 aliphatic heterocycles. The Morgan fingerprint density at radius 2 is 1.77 bits per heavy atom. The molecular formula is C23H21FN2O3S. The second-order valence-electron chi connectivity index (χ2n) is 7.39. The summed E-state index contributed by atoms with van der Waals surface area (Å²) in [5.41, 5.74) is 5.21. The second-order valence-corrected chi connectivity index (χ2v) is 9.74. The van der Waals surface area contributed by atoms with E-state index in [0.717, 1.165) is 27.8 Å². The van der Waals surface area contributed by atoms with E-state index in [9.17, 15) is 17.6 Å². The molecule has 0 atom stereocenters. The van der Waals surface area contributed by atoms with Gasteiger partial charge in [0.25, 0.3) is 5.56 Å². The normalized spacial score (nSPS) is 13.2. The first-order chi connectivity index (χ1) is 14.3. The summed E-state index contributed by atoms with van der Waals surface area (Å²) in [6.45, 7) is 1.93. The Morgan fingerprint density at radius 3 is 2.47 bits per heavy atom. The molecule has 0 spiro atoms. The van der Waals surface area contributed by atoms with Gasteiger partial charge in [-0.1, -0.05) is 19.1 Å². The van der Waals surface area contributed by atoms with E-state index in [1.165, 1.54) is 16.7 Å². The number of aliphatic imine (C=N–C) groups is 1. The molecule has 4 rings (SSSR count). The van der Waals surface area contributed by atoms with Crippen molar-refractivity contribution in [1.29, 1.82) is 0 Å². The van der Waals surface area contributed by atoms with Gasteiger partial charge in [0, 0.05) is 41.8 Å². The average Bonchev–Trinajstić information content (AvgIpc) is 2.86. The Labute approximate surface area is 174 Å². The van der Waals surface area contributed by atoms with Gasteiger partial charge in [-0.15, -0.1) is 0 Å². The van der Waals surface area contributed by atoms with Crippen molar-refractivity contribution in [3.63, 3.8) is 0 Å². The number of aryl methyl sites for hydroxylation is 1. The predicted octanol–water partition coefficient (Wildman–Crippen LogP) is 3.48. The van der Waals surface area contributed by atoms with Gasteiger partial charge in [0.05, 0.1) is 18.0 Å². The highest BCUT2D eigenvalue weighted by molar-refractivity contribution is 7.90. The lowest BCUT2D eigenvalue weighted by molar-refractivity contribution is 0.596. The Kier molecular flexibility index (Phi) is 5.15. The Balaban J connectivity index is 1.95. The lowest BCUT2D eigenvalue weighted by atomic mass is 9.92. The first-order valence-electron chi connectivity index (χ1n) is 9.61. The van der Waals surface area contributed by atoms with E-state index in [4.69, 9.17) is 4.99 Å². The summed E-state index contributed by atoms with van der Waals surface area (Å²) in [4.78, 5) is 16.9. The minimum Gasteiger partial charge on any atom is -0.318 e. The number of nitrogens with zero attached hydrogens (tertiary/aromatic N) is 2. The van der Waals surface area contributed by atoms with Crippen LogP contribution in [-0.2, 0) is 29.2 Å². The lowest BCUT2D eigenvalue weighted by Gasteiger charge is -2.14. The van der Waals surface area contributed by atoms with Gasteiger partial charge in [-0.25, -0.2) is 12.8 Å². The number of benzene rings is 2. The molecule has 1 aliphatic rings. The van der Waals surface area contributed by atoms with Crippen molar-refractivity contribution in [3.05, 3.63) is 93.2 Å². The predicted molar refractivity (Wildman–Crippen MR) is 116 cm³/mol. The van der Waals surface area contributed by atoms with Gasteiger partial charge in [0.1, 0.15) is 5.82 Å². The summed E-state index contributed by atoms with van der Waals surface area (Å²) in [5.74, 6) is -0.344. The molecule has 30 heavy (non-hydrogen) atoms. The molecular weight excluding hydrogens is 403 g/mol. The topological polar surface area (TPSA) is 68.5 Å². The number of hydrogen-bond acceptors (Lipinski definition) is 4. The summed E-state index contributed by atoms with van der Waals surface area (Å²) in [7, 11) is -1.51. The van der Waals surface area contributed by atoms with Crippen LogP contribution in [0.25, 0.3) is 11.1 Å². The van der Waals surface area contributed by atoms with Gasteiger partial charge in [-0.3, -0.25) is 9.79 Å². The molecule has 0 saturated carbocycles. The van der Waals surface area contributed by atoms with Crippen molar-refractivity contribution in [3.8, 4) is 11.1 Å². The average molecular weight is 424 g/mol. The molecule has 2 heterocycles. The van der Waals surface area contributed by atoms with E-state index in [0.29, 0.717) is 17.8 Å². The van der Waals surface area contributed by atoms with Crippen molar-refractivity contribution in [2.75, 3.05) is 5.75 Å². The first kappa shape index (κ1) is 20.2. The van der Waals surface area contributed by atoms with Crippen LogP contribution in [0.3, 0.4) is 0 Å². The van der Waals surface area contributed by atoms with Crippen molar-refractivity contribution in [2.24, 2.45) is 12.0 Å². The summed E-state index contributed by atoms with van der Waals surface area (Å²) in [6, 6.07) is 13.1. The first-order valence-corrected chi connectivity index (χ1v) is 11.4. The van der Waals surface area contributed by atoms with E-state index < -0.39 is 9.84 Å². The standard InChI is InChI=1S/C23H21FN2O3S/c1-3-30(28,29)14-15-4-9-19-20(10-15)23(16-5-7-18(24)8-6-16)25-12-17-11-22(27)26(2)13-21(17)19/h4-11,13H,3,12,14H2,1-2H3. The van der Waals surface area contributed by atoms with E-state index in [1.807, 2.05) is 12.1 Å². The number of pyridine rings is 1. The molecule has 154 valence electrons. The van der Waals surface area contributed by atoms with Crippen LogP contribution >= 0.6 is 0 Å². The van der Waals surface area contributed by atoms with Crippen LogP contribution in [0.5, 0.6) is 0 Å². The van der Waals surface area contributed by atoms with Gasteiger partial charge in [-0.05, 0) is 47.0 Å². The van der Waals surface area contributed by atoms with Crippen LogP contribution in [0.1, 0.15) is 29.2 Å². The van der Waals surface area contributed by atoms with Gasteiger partial charge in [0.2, 0.25) is 0 Å². The molecule has 0 unspecified atom stereocenters. The largest absolute Gasteiger partial charge is 0.318 e. The maximum Gasteiger partial charge on any atom is 0.250 e. The van der Waals surface area contributed by atoms with Crippen LogP contribution in [-0.4, -0.2) is 24.4 Å². The smallest absolute Gasteiger partial charge is 0.250 e. The molecule has 7 heteroatoms. The molecule has 0 N–H and O–H groups in total. The fourth-order valence-corrected chi connectivity index (χ4v) is 4.51. The number of halogens is 1. The van der Waals surface area contributed by atoms with Crippen LogP contribution in [0.4, 0.5) is 4.39 Å². The third-order valence-electron chi connectivity index (χ3n) is 5.29. The van der Waals surface area contributed by atoms with Crippen molar-refractivity contribution in [2.45, 2.75) is 19.2 Å². The highest BCUT2D eigenvalue weighted by Crippen LogP contribution is 2.33.